The predicted molar refractivity (Wildman–Crippen MR) is 49.4 cm³/mol. The van der Waals surface area contributed by atoms with E-state index < -0.39 is 0 Å². The van der Waals surface area contributed by atoms with Crippen molar-refractivity contribution in [1.29, 1.82) is 0 Å². The van der Waals surface area contributed by atoms with Crippen LogP contribution < -0.4 is 0 Å². The fraction of sp³-hybridized carbons (Fsp3) is 0.0909. The molecule has 2 nitrogen and oxygen atoms in total. The summed E-state index contributed by atoms with van der Waals surface area (Å²) in [5.41, 5.74) is 1.44. The molecule has 2 heteroatoms. The Bertz CT molecular complexity index is 352. The zero-order valence-electron chi connectivity index (χ0n) is 6.99. The van der Waals surface area contributed by atoms with E-state index in [0.29, 0.717) is 5.56 Å². The van der Waals surface area contributed by atoms with E-state index >= 15 is 0 Å². The molecule has 1 rings (SSSR count). The van der Waals surface area contributed by atoms with Gasteiger partial charge in [0, 0.05) is 11.1 Å². The molecular weight excluding hydrogens is 164 g/mol. The van der Waals surface area contributed by atoms with Crippen LogP contribution >= 0.6 is 0 Å². The summed E-state index contributed by atoms with van der Waals surface area (Å²) in [5, 5.41) is 0. The van der Waals surface area contributed by atoms with E-state index in [2.05, 4.69) is 11.8 Å². The molecule has 0 bridgehead atoms. The molecule has 1 aromatic rings. The van der Waals surface area contributed by atoms with Crippen molar-refractivity contribution in [3.8, 4) is 11.8 Å². The van der Waals surface area contributed by atoms with Crippen molar-refractivity contribution in [2.24, 2.45) is 0 Å². The van der Waals surface area contributed by atoms with Gasteiger partial charge in [0.05, 0.1) is 6.42 Å². The van der Waals surface area contributed by atoms with Crippen molar-refractivity contribution < 1.29 is 9.59 Å². The first kappa shape index (κ1) is 9.21. The summed E-state index contributed by atoms with van der Waals surface area (Å²) in [4.78, 5) is 20.2. The average Bonchev–Trinajstić information content (AvgIpc) is 2.19. The quantitative estimate of drug-likeness (QED) is 0.499. The molecule has 1 aromatic carbocycles. The van der Waals surface area contributed by atoms with Gasteiger partial charge in [-0.25, -0.2) is 0 Å². The maximum absolute atomic E-state index is 10.3. The largest absolute Gasteiger partial charge is 0.302 e. The molecule has 0 fully saturated rings. The van der Waals surface area contributed by atoms with Gasteiger partial charge in [0.2, 0.25) is 0 Å². The highest BCUT2D eigenvalue weighted by Crippen LogP contribution is 2.00. The minimum Gasteiger partial charge on any atom is -0.302 e. The number of benzene rings is 1. The second-order valence-electron chi connectivity index (χ2n) is 2.41. The third kappa shape index (κ3) is 2.92. The van der Waals surface area contributed by atoms with Crippen LogP contribution in [0.5, 0.6) is 0 Å². The first-order valence-electron chi connectivity index (χ1n) is 3.84. The summed E-state index contributed by atoms with van der Waals surface area (Å²) in [6.45, 7) is 0. The average molecular weight is 172 g/mol. The Labute approximate surface area is 76.6 Å². The van der Waals surface area contributed by atoms with Crippen molar-refractivity contribution in [2.75, 3.05) is 0 Å². The van der Waals surface area contributed by atoms with Gasteiger partial charge in [-0.15, -0.1) is 0 Å². The van der Waals surface area contributed by atoms with E-state index in [1.165, 1.54) is 0 Å². The Morgan fingerprint density at radius 2 is 1.85 bits per heavy atom. The number of carbonyl (C=O) groups excluding carboxylic acids is 2. The molecule has 64 valence electrons. The summed E-state index contributed by atoms with van der Waals surface area (Å²) in [6, 6.07) is 6.89. The van der Waals surface area contributed by atoms with Crippen molar-refractivity contribution >= 4 is 12.6 Å². The van der Waals surface area contributed by atoms with Gasteiger partial charge >= 0.3 is 0 Å². The minimum atomic E-state index is 0.245. The van der Waals surface area contributed by atoms with Crippen LogP contribution in [0.4, 0.5) is 0 Å². The molecule has 0 amide bonds. The van der Waals surface area contributed by atoms with Crippen LogP contribution in [-0.4, -0.2) is 12.6 Å². The van der Waals surface area contributed by atoms with E-state index in [1.807, 2.05) is 0 Å². The van der Waals surface area contributed by atoms with Gasteiger partial charge < -0.3 is 4.79 Å². The van der Waals surface area contributed by atoms with E-state index in [0.717, 1.165) is 18.1 Å². The molecule has 0 aliphatic carbocycles. The molecular formula is C11H8O2. The summed E-state index contributed by atoms with van der Waals surface area (Å²) < 4.78 is 0. The topological polar surface area (TPSA) is 34.1 Å². The molecule has 0 aromatic heterocycles. The van der Waals surface area contributed by atoms with E-state index in [1.54, 1.807) is 24.3 Å². The van der Waals surface area contributed by atoms with Gasteiger partial charge in [-0.2, -0.15) is 0 Å². The Hall–Kier alpha value is -1.88. The predicted octanol–water partition coefficient (Wildman–Crippen LogP) is 1.44. The smallest absolute Gasteiger partial charge is 0.150 e. The number of aldehydes is 2. The zero-order chi connectivity index (χ0) is 9.52. The lowest BCUT2D eigenvalue weighted by atomic mass is 10.1. The highest BCUT2D eigenvalue weighted by Gasteiger charge is 1.88. The Balaban J connectivity index is 2.76. The van der Waals surface area contributed by atoms with E-state index in [4.69, 9.17) is 0 Å². The van der Waals surface area contributed by atoms with Crippen LogP contribution in [0.25, 0.3) is 0 Å². The van der Waals surface area contributed by atoms with Crippen LogP contribution in [0.1, 0.15) is 22.3 Å². The molecule has 0 aliphatic heterocycles. The monoisotopic (exact) mass is 172 g/mol. The Morgan fingerprint density at radius 3 is 2.38 bits per heavy atom. The fourth-order valence-electron chi connectivity index (χ4n) is 0.840. The van der Waals surface area contributed by atoms with Gasteiger partial charge in [0.15, 0.2) is 0 Å². The second-order valence-corrected chi connectivity index (χ2v) is 2.41. The summed E-state index contributed by atoms with van der Waals surface area (Å²) in [6.07, 6.45) is 1.78. The fourth-order valence-corrected chi connectivity index (χ4v) is 0.840. The minimum absolute atomic E-state index is 0.245. The molecule has 0 heterocycles. The molecule has 0 saturated heterocycles. The molecule has 0 radical (unpaired) electrons. The van der Waals surface area contributed by atoms with Gasteiger partial charge in [0.25, 0.3) is 0 Å². The third-order valence-corrected chi connectivity index (χ3v) is 1.46. The third-order valence-electron chi connectivity index (χ3n) is 1.46. The maximum atomic E-state index is 10.3. The summed E-state index contributed by atoms with van der Waals surface area (Å²) >= 11 is 0. The van der Waals surface area contributed by atoms with Crippen molar-refractivity contribution in [2.45, 2.75) is 6.42 Å². The number of carbonyl (C=O) groups is 2. The van der Waals surface area contributed by atoms with Crippen LogP contribution in [0.15, 0.2) is 24.3 Å². The molecule has 0 spiro atoms. The normalized spacial score (nSPS) is 8.31. The SMILES string of the molecule is O=CCC#Cc1ccc(C=O)cc1. The van der Waals surface area contributed by atoms with Gasteiger partial charge in [-0.3, -0.25) is 4.79 Å². The lowest BCUT2D eigenvalue weighted by molar-refractivity contribution is -0.107. The highest BCUT2D eigenvalue weighted by molar-refractivity contribution is 5.74. The Morgan fingerprint density at radius 1 is 1.15 bits per heavy atom. The molecule has 0 aliphatic rings. The van der Waals surface area contributed by atoms with Gasteiger partial charge in [-0.1, -0.05) is 24.0 Å². The first-order chi connectivity index (χ1) is 6.36. The van der Waals surface area contributed by atoms with Crippen LogP contribution in [-0.2, 0) is 4.79 Å². The highest BCUT2D eigenvalue weighted by atomic mass is 16.1. The van der Waals surface area contributed by atoms with Crippen LogP contribution in [0.3, 0.4) is 0 Å². The molecule has 0 unspecified atom stereocenters. The van der Waals surface area contributed by atoms with Crippen molar-refractivity contribution in [3.05, 3.63) is 35.4 Å². The second kappa shape index (κ2) is 4.89. The number of hydrogen-bond donors (Lipinski definition) is 0. The lowest BCUT2D eigenvalue weighted by Gasteiger charge is -1.89. The number of hydrogen-bond acceptors (Lipinski definition) is 2. The van der Waals surface area contributed by atoms with Gasteiger partial charge in [-0.05, 0) is 12.1 Å². The summed E-state index contributed by atoms with van der Waals surface area (Å²) in [5.74, 6) is 5.48. The standard InChI is InChI=1S/C11H8O2/c12-8-2-1-3-10-4-6-11(9-13)7-5-10/h4-9H,2H2. The van der Waals surface area contributed by atoms with E-state index in [-0.39, 0.29) is 6.42 Å². The maximum Gasteiger partial charge on any atom is 0.150 e. The Kier molecular flexibility index (Phi) is 3.46. The molecule has 0 N–H and O–H groups in total. The van der Waals surface area contributed by atoms with Crippen molar-refractivity contribution in [3.63, 3.8) is 0 Å². The molecule has 0 atom stereocenters. The van der Waals surface area contributed by atoms with Crippen molar-refractivity contribution in [1.82, 2.24) is 0 Å². The lowest BCUT2D eigenvalue weighted by Crippen LogP contribution is -1.79. The molecule has 13 heavy (non-hydrogen) atoms. The molecule has 0 saturated carbocycles. The first-order valence-corrected chi connectivity index (χ1v) is 3.84. The van der Waals surface area contributed by atoms with Crippen LogP contribution in [0, 0.1) is 11.8 Å². The number of rotatable bonds is 2. The summed E-state index contributed by atoms with van der Waals surface area (Å²) in [7, 11) is 0. The zero-order valence-corrected chi connectivity index (χ0v) is 6.99. The van der Waals surface area contributed by atoms with E-state index in [9.17, 15) is 9.59 Å². The van der Waals surface area contributed by atoms with Gasteiger partial charge in [0.1, 0.15) is 12.6 Å². The van der Waals surface area contributed by atoms with Crippen LogP contribution in [0.2, 0.25) is 0 Å².